The standard InChI is InChI=1S/C18H25NO2/c1-4-15-5-7-17(8-6-15)21-13-16-9-10-20-18(16)12-19-11-14(2)3/h5-10,14,19H,4,11-13H2,1-3H3. The van der Waals surface area contributed by atoms with Gasteiger partial charge in [0.2, 0.25) is 0 Å². The summed E-state index contributed by atoms with van der Waals surface area (Å²) in [5, 5.41) is 3.39. The smallest absolute Gasteiger partial charge is 0.124 e. The summed E-state index contributed by atoms with van der Waals surface area (Å²) in [6.45, 7) is 8.81. The van der Waals surface area contributed by atoms with Crippen LogP contribution < -0.4 is 10.1 Å². The molecule has 114 valence electrons. The zero-order valence-electron chi connectivity index (χ0n) is 13.2. The van der Waals surface area contributed by atoms with Crippen LogP contribution >= 0.6 is 0 Å². The van der Waals surface area contributed by atoms with Crippen molar-refractivity contribution in [3.8, 4) is 5.75 Å². The molecule has 0 spiro atoms. The van der Waals surface area contributed by atoms with E-state index < -0.39 is 0 Å². The molecule has 1 aromatic carbocycles. The maximum atomic E-state index is 5.83. The summed E-state index contributed by atoms with van der Waals surface area (Å²) >= 11 is 0. The first-order chi connectivity index (χ1) is 10.2. The highest BCUT2D eigenvalue weighted by molar-refractivity contribution is 5.28. The van der Waals surface area contributed by atoms with E-state index >= 15 is 0 Å². The van der Waals surface area contributed by atoms with Gasteiger partial charge in [-0.25, -0.2) is 0 Å². The first kappa shape index (κ1) is 15.6. The quantitative estimate of drug-likeness (QED) is 0.791. The minimum absolute atomic E-state index is 0.542. The lowest BCUT2D eigenvalue weighted by molar-refractivity contribution is 0.301. The number of aryl methyl sites for hydroxylation is 1. The Morgan fingerprint density at radius 2 is 1.90 bits per heavy atom. The van der Waals surface area contributed by atoms with Gasteiger partial charge in [-0.2, -0.15) is 0 Å². The Kier molecular flexibility index (Phi) is 5.88. The van der Waals surface area contributed by atoms with Crippen molar-refractivity contribution in [2.24, 2.45) is 5.92 Å². The van der Waals surface area contributed by atoms with Crippen LogP contribution in [0.5, 0.6) is 5.75 Å². The van der Waals surface area contributed by atoms with Crippen molar-refractivity contribution in [2.45, 2.75) is 40.3 Å². The summed E-state index contributed by atoms with van der Waals surface area (Å²) in [5.74, 6) is 2.49. The fourth-order valence-electron chi connectivity index (χ4n) is 2.11. The van der Waals surface area contributed by atoms with Gasteiger partial charge in [-0.15, -0.1) is 0 Å². The van der Waals surface area contributed by atoms with E-state index in [0.29, 0.717) is 12.5 Å². The summed E-state index contributed by atoms with van der Waals surface area (Å²) in [6, 6.07) is 10.2. The second kappa shape index (κ2) is 7.89. The zero-order valence-corrected chi connectivity index (χ0v) is 13.2. The minimum Gasteiger partial charge on any atom is -0.489 e. The molecule has 2 rings (SSSR count). The first-order valence-electron chi connectivity index (χ1n) is 7.66. The molecule has 0 aliphatic carbocycles. The molecule has 1 aromatic heterocycles. The van der Waals surface area contributed by atoms with Gasteiger partial charge in [-0.05, 0) is 42.6 Å². The molecule has 1 N–H and O–H groups in total. The largest absolute Gasteiger partial charge is 0.489 e. The molecule has 0 amide bonds. The molecule has 0 saturated carbocycles. The van der Waals surface area contributed by atoms with E-state index in [1.807, 2.05) is 18.2 Å². The fourth-order valence-corrected chi connectivity index (χ4v) is 2.11. The van der Waals surface area contributed by atoms with E-state index in [1.165, 1.54) is 5.56 Å². The van der Waals surface area contributed by atoms with Crippen molar-refractivity contribution in [3.63, 3.8) is 0 Å². The Morgan fingerprint density at radius 1 is 1.14 bits per heavy atom. The Bertz CT molecular complexity index is 528. The second-order valence-electron chi connectivity index (χ2n) is 5.68. The molecule has 2 aromatic rings. The van der Waals surface area contributed by atoms with Crippen LogP contribution in [0, 0.1) is 5.92 Å². The van der Waals surface area contributed by atoms with Crippen molar-refractivity contribution >= 4 is 0 Å². The van der Waals surface area contributed by atoms with Gasteiger partial charge in [-0.3, -0.25) is 0 Å². The van der Waals surface area contributed by atoms with E-state index in [1.54, 1.807) is 6.26 Å². The van der Waals surface area contributed by atoms with Gasteiger partial charge in [-0.1, -0.05) is 32.9 Å². The second-order valence-corrected chi connectivity index (χ2v) is 5.68. The average Bonchev–Trinajstić information content (AvgIpc) is 2.93. The van der Waals surface area contributed by atoms with Crippen LogP contribution in [-0.4, -0.2) is 6.54 Å². The van der Waals surface area contributed by atoms with E-state index in [9.17, 15) is 0 Å². The van der Waals surface area contributed by atoms with Gasteiger partial charge in [0.05, 0.1) is 12.8 Å². The molecule has 3 heteroatoms. The molecule has 21 heavy (non-hydrogen) atoms. The fraction of sp³-hybridized carbons (Fsp3) is 0.444. The van der Waals surface area contributed by atoms with Crippen molar-refractivity contribution < 1.29 is 9.15 Å². The van der Waals surface area contributed by atoms with E-state index in [-0.39, 0.29) is 0 Å². The molecule has 0 atom stereocenters. The van der Waals surface area contributed by atoms with Gasteiger partial charge in [0.1, 0.15) is 18.1 Å². The number of benzene rings is 1. The van der Waals surface area contributed by atoms with Crippen LogP contribution in [0.1, 0.15) is 37.7 Å². The lowest BCUT2D eigenvalue weighted by Gasteiger charge is -2.09. The van der Waals surface area contributed by atoms with Crippen molar-refractivity contribution in [3.05, 3.63) is 53.5 Å². The normalized spacial score (nSPS) is 11.0. The number of rotatable bonds is 8. The monoisotopic (exact) mass is 287 g/mol. The molecule has 0 bridgehead atoms. The molecule has 0 saturated heterocycles. The number of furan rings is 1. The molecule has 0 aliphatic rings. The highest BCUT2D eigenvalue weighted by Gasteiger charge is 2.07. The lowest BCUT2D eigenvalue weighted by atomic mass is 10.2. The van der Waals surface area contributed by atoms with Gasteiger partial charge in [0.15, 0.2) is 0 Å². The summed E-state index contributed by atoms with van der Waals surface area (Å²) in [6.07, 6.45) is 2.78. The third kappa shape index (κ3) is 4.94. The number of nitrogens with one attached hydrogen (secondary N) is 1. The van der Waals surface area contributed by atoms with Gasteiger partial charge in [0, 0.05) is 5.56 Å². The van der Waals surface area contributed by atoms with Crippen molar-refractivity contribution in [1.82, 2.24) is 5.32 Å². The first-order valence-corrected chi connectivity index (χ1v) is 7.66. The van der Waals surface area contributed by atoms with E-state index in [4.69, 9.17) is 9.15 Å². The third-order valence-corrected chi connectivity index (χ3v) is 3.40. The van der Waals surface area contributed by atoms with Gasteiger partial charge >= 0.3 is 0 Å². The SMILES string of the molecule is CCc1ccc(OCc2ccoc2CNCC(C)C)cc1. The van der Waals surface area contributed by atoms with Crippen LogP contribution in [0.2, 0.25) is 0 Å². The predicted molar refractivity (Wildman–Crippen MR) is 85.4 cm³/mol. The Morgan fingerprint density at radius 3 is 2.57 bits per heavy atom. The van der Waals surface area contributed by atoms with E-state index in [0.717, 1.165) is 36.6 Å². The summed E-state index contributed by atoms with van der Waals surface area (Å²) < 4.78 is 11.4. The van der Waals surface area contributed by atoms with Crippen LogP contribution in [0.4, 0.5) is 0 Å². The average molecular weight is 287 g/mol. The molecular formula is C18H25NO2. The van der Waals surface area contributed by atoms with Crippen molar-refractivity contribution in [1.29, 1.82) is 0 Å². The van der Waals surface area contributed by atoms with Gasteiger partial charge in [0.25, 0.3) is 0 Å². The van der Waals surface area contributed by atoms with Crippen LogP contribution in [0.3, 0.4) is 0 Å². The van der Waals surface area contributed by atoms with Crippen LogP contribution in [-0.2, 0) is 19.6 Å². The van der Waals surface area contributed by atoms with Crippen LogP contribution in [0.15, 0.2) is 41.0 Å². The predicted octanol–water partition coefficient (Wildman–Crippen LogP) is 4.17. The minimum atomic E-state index is 0.542. The number of ether oxygens (including phenoxy) is 1. The molecule has 1 heterocycles. The molecule has 0 fully saturated rings. The highest BCUT2D eigenvalue weighted by Crippen LogP contribution is 2.17. The maximum Gasteiger partial charge on any atom is 0.124 e. The molecule has 0 aliphatic heterocycles. The molecular weight excluding hydrogens is 262 g/mol. The zero-order chi connectivity index (χ0) is 15.1. The number of hydrogen-bond acceptors (Lipinski definition) is 3. The summed E-state index contributed by atoms with van der Waals surface area (Å²) in [5.41, 5.74) is 2.43. The Balaban J connectivity index is 1.86. The topological polar surface area (TPSA) is 34.4 Å². The van der Waals surface area contributed by atoms with Gasteiger partial charge < -0.3 is 14.5 Å². The van der Waals surface area contributed by atoms with Crippen LogP contribution in [0.25, 0.3) is 0 Å². The molecule has 3 nitrogen and oxygen atoms in total. The molecule has 0 radical (unpaired) electrons. The Hall–Kier alpha value is -1.74. The van der Waals surface area contributed by atoms with E-state index in [2.05, 4.69) is 38.2 Å². The molecule has 0 unspecified atom stereocenters. The Labute approximate surface area is 127 Å². The number of hydrogen-bond donors (Lipinski definition) is 1. The maximum absolute atomic E-state index is 5.83. The summed E-state index contributed by atoms with van der Waals surface area (Å²) in [4.78, 5) is 0. The lowest BCUT2D eigenvalue weighted by Crippen LogP contribution is -2.19. The highest BCUT2D eigenvalue weighted by atomic mass is 16.5. The third-order valence-electron chi connectivity index (χ3n) is 3.40. The summed E-state index contributed by atoms with van der Waals surface area (Å²) in [7, 11) is 0. The van der Waals surface area contributed by atoms with Crippen molar-refractivity contribution in [2.75, 3.05) is 6.54 Å².